The Labute approximate surface area is 182 Å². The quantitative estimate of drug-likeness (QED) is 0.702. The minimum Gasteiger partial charge on any atom is -0.349 e. The van der Waals surface area contributed by atoms with Crippen LogP contribution in [0, 0.1) is 11.7 Å². The molecule has 2 atom stereocenters. The number of amides is 1. The lowest BCUT2D eigenvalue weighted by Crippen LogP contribution is -2.45. The van der Waals surface area contributed by atoms with Crippen molar-refractivity contribution in [1.82, 2.24) is 9.62 Å². The summed E-state index contributed by atoms with van der Waals surface area (Å²) in [5, 5.41) is 2.88. The average molecular weight is 469 g/mol. The van der Waals surface area contributed by atoms with Crippen LogP contribution in [-0.4, -0.2) is 46.4 Å². The summed E-state index contributed by atoms with van der Waals surface area (Å²) in [7, 11) is -7.12. The molecular weight excluding hydrogens is 443 g/mol. The number of hydrogen-bond acceptors (Lipinski definition) is 5. The first-order valence-corrected chi connectivity index (χ1v) is 13.2. The molecule has 3 rings (SSSR count). The maximum absolute atomic E-state index is 13.1. The third kappa shape index (κ3) is 5.50. The monoisotopic (exact) mass is 468 g/mol. The van der Waals surface area contributed by atoms with Crippen LogP contribution in [0.4, 0.5) is 4.39 Å². The van der Waals surface area contributed by atoms with Crippen LogP contribution in [-0.2, 0) is 24.7 Å². The zero-order valence-electron chi connectivity index (χ0n) is 17.3. The molecule has 10 heteroatoms. The highest BCUT2D eigenvalue weighted by Crippen LogP contribution is 2.25. The normalized spacial score (nSPS) is 19.0. The van der Waals surface area contributed by atoms with Crippen LogP contribution in [0.15, 0.2) is 58.3 Å². The predicted octanol–water partition coefficient (Wildman–Crippen LogP) is 2.51. The van der Waals surface area contributed by atoms with Gasteiger partial charge in [-0.15, -0.1) is 0 Å². The first-order chi connectivity index (χ1) is 14.5. The number of piperidine rings is 1. The van der Waals surface area contributed by atoms with E-state index < -0.39 is 31.6 Å². The molecule has 0 saturated carbocycles. The van der Waals surface area contributed by atoms with Crippen molar-refractivity contribution in [3.63, 3.8) is 0 Å². The Morgan fingerprint density at radius 1 is 1.03 bits per heavy atom. The number of nitrogens with zero attached hydrogens (tertiary/aromatic N) is 1. The number of rotatable bonds is 6. The van der Waals surface area contributed by atoms with Gasteiger partial charge in [0.25, 0.3) is 0 Å². The largest absolute Gasteiger partial charge is 0.349 e. The van der Waals surface area contributed by atoms with E-state index in [2.05, 4.69) is 5.32 Å². The number of benzene rings is 2. The smallest absolute Gasteiger partial charge is 0.243 e. The van der Waals surface area contributed by atoms with Gasteiger partial charge in [-0.3, -0.25) is 4.79 Å². The molecule has 1 aliphatic heterocycles. The van der Waals surface area contributed by atoms with E-state index in [-0.39, 0.29) is 28.3 Å². The Morgan fingerprint density at radius 2 is 1.61 bits per heavy atom. The number of sulfone groups is 1. The van der Waals surface area contributed by atoms with Crippen molar-refractivity contribution in [2.24, 2.45) is 5.92 Å². The van der Waals surface area contributed by atoms with Gasteiger partial charge < -0.3 is 5.32 Å². The Kier molecular flexibility index (Phi) is 6.82. The van der Waals surface area contributed by atoms with E-state index in [1.807, 2.05) is 0 Å². The SMILES string of the molecule is C[C@H](NC(=O)[C@@H]1CCCN(S(=O)(=O)c2ccc(F)cc2)C1)c1ccc(S(C)(=O)=O)cc1. The molecule has 1 amide bonds. The third-order valence-corrected chi connectivity index (χ3v) is 8.38. The van der Waals surface area contributed by atoms with Crippen molar-refractivity contribution >= 4 is 25.8 Å². The summed E-state index contributed by atoms with van der Waals surface area (Å²) in [6.45, 7) is 2.13. The maximum atomic E-state index is 13.1. The number of carbonyl (C=O) groups is 1. The third-order valence-electron chi connectivity index (χ3n) is 5.37. The molecule has 1 N–H and O–H groups in total. The summed E-state index contributed by atoms with van der Waals surface area (Å²) >= 11 is 0. The molecule has 0 bridgehead atoms. The minimum absolute atomic E-state index is 0.00528. The van der Waals surface area contributed by atoms with Crippen molar-refractivity contribution in [2.75, 3.05) is 19.3 Å². The first kappa shape index (κ1) is 23.4. The van der Waals surface area contributed by atoms with Gasteiger partial charge in [0.1, 0.15) is 5.82 Å². The fourth-order valence-corrected chi connectivity index (χ4v) is 5.70. The van der Waals surface area contributed by atoms with E-state index in [9.17, 15) is 26.0 Å². The van der Waals surface area contributed by atoms with Gasteiger partial charge in [0.2, 0.25) is 15.9 Å². The number of sulfonamides is 1. The highest BCUT2D eigenvalue weighted by molar-refractivity contribution is 7.90. The Hall–Kier alpha value is -2.30. The van der Waals surface area contributed by atoms with Gasteiger partial charge in [0.05, 0.1) is 21.8 Å². The van der Waals surface area contributed by atoms with Crippen LogP contribution in [0.5, 0.6) is 0 Å². The van der Waals surface area contributed by atoms with Crippen molar-refractivity contribution in [3.8, 4) is 0 Å². The second-order valence-corrected chi connectivity index (χ2v) is 11.7. The Balaban J connectivity index is 1.67. The van der Waals surface area contributed by atoms with Crippen molar-refractivity contribution in [3.05, 3.63) is 59.9 Å². The van der Waals surface area contributed by atoms with Crippen LogP contribution in [0.3, 0.4) is 0 Å². The average Bonchev–Trinajstić information content (AvgIpc) is 2.73. The molecule has 1 saturated heterocycles. The summed E-state index contributed by atoms with van der Waals surface area (Å²) in [6.07, 6.45) is 2.22. The van der Waals surface area contributed by atoms with Gasteiger partial charge in [-0.2, -0.15) is 4.31 Å². The Morgan fingerprint density at radius 3 is 2.19 bits per heavy atom. The van der Waals surface area contributed by atoms with Gasteiger partial charge in [0.15, 0.2) is 9.84 Å². The van der Waals surface area contributed by atoms with Gasteiger partial charge in [-0.05, 0) is 61.7 Å². The Bertz CT molecular complexity index is 1150. The standard InChI is InChI=1S/C21H25FN2O5S2/c1-15(16-5-9-19(10-6-16)30(2,26)27)23-21(25)17-4-3-13-24(14-17)31(28,29)20-11-7-18(22)8-12-20/h5-12,15,17H,3-4,13-14H2,1-2H3,(H,23,25)/t15-,17+/m0/s1. The van der Waals surface area contributed by atoms with Gasteiger partial charge in [-0.1, -0.05) is 12.1 Å². The summed E-state index contributed by atoms with van der Waals surface area (Å²) in [4.78, 5) is 13.0. The fourth-order valence-electron chi connectivity index (χ4n) is 3.55. The minimum atomic E-state index is -3.81. The van der Waals surface area contributed by atoms with Gasteiger partial charge in [-0.25, -0.2) is 21.2 Å². The molecule has 0 unspecified atom stereocenters. The lowest BCUT2D eigenvalue weighted by molar-refractivity contribution is -0.126. The van der Waals surface area contributed by atoms with Crippen molar-refractivity contribution in [1.29, 1.82) is 0 Å². The molecule has 0 aromatic heterocycles. The van der Waals surface area contributed by atoms with Gasteiger partial charge >= 0.3 is 0 Å². The van der Waals surface area contributed by atoms with E-state index in [1.165, 1.54) is 28.6 Å². The number of nitrogens with one attached hydrogen (secondary N) is 1. The van der Waals surface area contributed by atoms with Crippen LogP contribution in [0.1, 0.15) is 31.4 Å². The summed E-state index contributed by atoms with van der Waals surface area (Å²) in [5.41, 5.74) is 0.743. The summed E-state index contributed by atoms with van der Waals surface area (Å²) in [5.74, 6) is -1.30. The van der Waals surface area contributed by atoms with Crippen molar-refractivity contribution < 1.29 is 26.0 Å². The first-order valence-electron chi connectivity index (χ1n) is 9.84. The number of halogens is 1. The topological polar surface area (TPSA) is 101 Å². The van der Waals surface area contributed by atoms with E-state index in [0.717, 1.165) is 24.0 Å². The molecule has 7 nitrogen and oxygen atoms in total. The van der Waals surface area contributed by atoms with Gasteiger partial charge in [0, 0.05) is 19.3 Å². The second kappa shape index (κ2) is 9.05. The van der Waals surface area contributed by atoms with Crippen LogP contribution in [0.2, 0.25) is 0 Å². The molecule has 2 aromatic carbocycles. The molecule has 0 radical (unpaired) electrons. The predicted molar refractivity (Wildman–Crippen MR) is 114 cm³/mol. The number of hydrogen-bond donors (Lipinski definition) is 1. The lowest BCUT2D eigenvalue weighted by Gasteiger charge is -2.32. The zero-order chi connectivity index (χ0) is 22.8. The summed E-state index contributed by atoms with van der Waals surface area (Å²) in [6, 6.07) is 10.5. The maximum Gasteiger partial charge on any atom is 0.243 e. The van der Waals surface area contributed by atoms with Crippen LogP contribution in [0.25, 0.3) is 0 Å². The van der Waals surface area contributed by atoms with E-state index in [4.69, 9.17) is 0 Å². The van der Waals surface area contributed by atoms with Crippen LogP contribution < -0.4 is 5.32 Å². The summed E-state index contributed by atoms with van der Waals surface area (Å²) < 4.78 is 63.3. The molecule has 2 aromatic rings. The van der Waals surface area contributed by atoms with E-state index in [0.29, 0.717) is 19.4 Å². The molecule has 0 aliphatic carbocycles. The zero-order valence-corrected chi connectivity index (χ0v) is 18.9. The molecule has 0 spiro atoms. The van der Waals surface area contributed by atoms with Crippen molar-refractivity contribution in [2.45, 2.75) is 35.6 Å². The lowest BCUT2D eigenvalue weighted by atomic mass is 9.98. The molecule has 31 heavy (non-hydrogen) atoms. The molecular formula is C21H25FN2O5S2. The van der Waals surface area contributed by atoms with Crippen LogP contribution >= 0.6 is 0 Å². The second-order valence-electron chi connectivity index (χ2n) is 7.73. The highest BCUT2D eigenvalue weighted by Gasteiger charge is 2.33. The molecule has 1 aliphatic rings. The van der Waals surface area contributed by atoms with E-state index >= 15 is 0 Å². The highest BCUT2D eigenvalue weighted by atomic mass is 32.2. The fraction of sp³-hybridized carbons (Fsp3) is 0.381. The molecule has 1 fully saturated rings. The number of carbonyl (C=O) groups excluding carboxylic acids is 1. The van der Waals surface area contributed by atoms with E-state index in [1.54, 1.807) is 19.1 Å². The molecule has 168 valence electrons. The molecule has 1 heterocycles.